The van der Waals surface area contributed by atoms with Crippen LogP contribution in [0.15, 0.2) is 36.8 Å². The van der Waals surface area contributed by atoms with Crippen LogP contribution >= 0.6 is 0 Å². The van der Waals surface area contributed by atoms with Crippen molar-refractivity contribution >= 4 is 0 Å². The lowest BCUT2D eigenvalue weighted by molar-refractivity contribution is 0.435. The SMILES string of the molecule is CC(C)C(N)Cn1cncc1-c1cccc(F)c1. The molecule has 0 amide bonds. The van der Waals surface area contributed by atoms with E-state index in [-0.39, 0.29) is 11.9 Å². The summed E-state index contributed by atoms with van der Waals surface area (Å²) in [5, 5.41) is 0. The van der Waals surface area contributed by atoms with Gasteiger partial charge in [-0.1, -0.05) is 26.0 Å². The molecule has 4 heteroatoms. The molecule has 0 saturated carbocycles. The number of imidazole rings is 1. The van der Waals surface area contributed by atoms with Crippen LogP contribution < -0.4 is 5.73 Å². The van der Waals surface area contributed by atoms with Gasteiger partial charge in [-0.2, -0.15) is 0 Å². The summed E-state index contributed by atoms with van der Waals surface area (Å²) in [7, 11) is 0. The maximum atomic E-state index is 13.2. The molecule has 1 heterocycles. The Hall–Kier alpha value is -1.68. The van der Waals surface area contributed by atoms with Crippen LogP contribution in [-0.2, 0) is 6.54 Å². The van der Waals surface area contributed by atoms with Crippen LogP contribution in [0, 0.1) is 11.7 Å². The zero-order valence-electron chi connectivity index (χ0n) is 10.7. The second-order valence-electron chi connectivity index (χ2n) is 4.85. The second kappa shape index (κ2) is 5.31. The lowest BCUT2D eigenvalue weighted by Gasteiger charge is -2.17. The lowest BCUT2D eigenvalue weighted by atomic mass is 10.1. The van der Waals surface area contributed by atoms with Crippen molar-refractivity contribution in [1.29, 1.82) is 0 Å². The molecule has 0 aliphatic rings. The Balaban J connectivity index is 2.28. The summed E-state index contributed by atoms with van der Waals surface area (Å²) in [5.74, 6) is 0.154. The molecule has 0 spiro atoms. The number of aromatic nitrogens is 2. The molecule has 1 unspecified atom stereocenters. The Morgan fingerprint density at radius 1 is 1.39 bits per heavy atom. The van der Waals surface area contributed by atoms with Crippen LogP contribution in [0.5, 0.6) is 0 Å². The topological polar surface area (TPSA) is 43.8 Å². The van der Waals surface area contributed by atoms with Gasteiger partial charge in [0.2, 0.25) is 0 Å². The molecule has 3 nitrogen and oxygen atoms in total. The monoisotopic (exact) mass is 247 g/mol. The van der Waals surface area contributed by atoms with Crippen molar-refractivity contribution in [3.63, 3.8) is 0 Å². The van der Waals surface area contributed by atoms with Gasteiger partial charge >= 0.3 is 0 Å². The molecule has 0 aliphatic heterocycles. The number of hydrogen-bond donors (Lipinski definition) is 1. The van der Waals surface area contributed by atoms with Gasteiger partial charge in [-0.15, -0.1) is 0 Å². The molecular formula is C14H18FN3. The Labute approximate surface area is 106 Å². The number of halogens is 1. The van der Waals surface area contributed by atoms with Gasteiger partial charge in [-0.05, 0) is 18.1 Å². The lowest BCUT2D eigenvalue weighted by Crippen LogP contribution is -2.31. The van der Waals surface area contributed by atoms with Crippen LogP contribution in [-0.4, -0.2) is 15.6 Å². The van der Waals surface area contributed by atoms with Gasteiger partial charge in [0.1, 0.15) is 5.82 Å². The fourth-order valence-electron chi connectivity index (χ4n) is 1.79. The minimum Gasteiger partial charge on any atom is -0.329 e. The first-order chi connectivity index (χ1) is 8.58. The summed E-state index contributed by atoms with van der Waals surface area (Å²) in [6.45, 7) is 4.86. The number of rotatable bonds is 4. The van der Waals surface area contributed by atoms with Crippen molar-refractivity contribution in [2.24, 2.45) is 11.7 Å². The molecule has 2 aromatic rings. The first-order valence-electron chi connectivity index (χ1n) is 6.09. The van der Waals surface area contributed by atoms with Gasteiger partial charge in [0.25, 0.3) is 0 Å². The zero-order valence-corrected chi connectivity index (χ0v) is 10.7. The fraction of sp³-hybridized carbons (Fsp3) is 0.357. The van der Waals surface area contributed by atoms with E-state index in [1.807, 2.05) is 10.6 Å². The van der Waals surface area contributed by atoms with Crippen LogP contribution in [0.2, 0.25) is 0 Å². The summed E-state index contributed by atoms with van der Waals surface area (Å²) < 4.78 is 15.2. The molecule has 1 aromatic carbocycles. The third-order valence-corrected chi connectivity index (χ3v) is 3.10. The van der Waals surface area contributed by atoms with Crippen molar-refractivity contribution in [1.82, 2.24) is 9.55 Å². The molecule has 0 fully saturated rings. The van der Waals surface area contributed by atoms with Gasteiger partial charge in [-0.25, -0.2) is 9.37 Å². The molecule has 1 atom stereocenters. The Morgan fingerprint density at radius 3 is 2.83 bits per heavy atom. The number of hydrogen-bond acceptors (Lipinski definition) is 2. The van der Waals surface area contributed by atoms with E-state index in [0.717, 1.165) is 11.3 Å². The maximum absolute atomic E-state index is 13.2. The predicted octanol–water partition coefficient (Wildman–Crippen LogP) is 2.67. The molecule has 1 aromatic heterocycles. The van der Waals surface area contributed by atoms with E-state index in [2.05, 4.69) is 18.8 Å². The van der Waals surface area contributed by atoms with Crippen molar-refractivity contribution in [2.45, 2.75) is 26.4 Å². The summed E-state index contributed by atoms with van der Waals surface area (Å²) >= 11 is 0. The van der Waals surface area contributed by atoms with Gasteiger partial charge in [-0.3, -0.25) is 0 Å². The molecule has 2 N–H and O–H groups in total. The summed E-state index contributed by atoms with van der Waals surface area (Å²) in [6.07, 6.45) is 3.48. The third kappa shape index (κ3) is 2.76. The maximum Gasteiger partial charge on any atom is 0.123 e. The zero-order chi connectivity index (χ0) is 13.1. The molecule has 2 rings (SSSR count). The molecule has 96 valence electrons. The molecular weight excluding hydrogens is 229 g/mol. The van der Waals surface area contributed by atoms with Crippen molar-refractivity contribution in [2.75, 3.05) is 0 Å². The average Bonchev–Trinajstić information content (AvgIpc) is 2.77. The summed E-state index contributed by atoms with van der Waals surface area (Å²) in [5.41, 5.74) is 7.78. The molecule has 0 aliphatic carbocycles. The predicted molar refractivity (Wildman–Crippen MR) is 70.4 cm³/mol. The highest BCUT2D eigenvalue weighted by Gasteiger charge is 2.12. The Bertz CT molecular complexity index is 519. The second-order valence-corrected chi connectivity index (χ2v) is 4.85. The minimum absolute atomic E-state index is 0.0616. The summed E-state index contributed by atoms with van der Waals surface area (Å²) in [6, 6.07) is 6.58. The number of benzene rings is 1. The van der Waals surface area contributed by atoms with Gasteiger partial charge < -0.3 is 10.3 Å². The standard InChI is InChI=1S/C14H18FN3/c1-10(2)13(16)8-18-9-17-7-14(18)11-4-3-5-12(15)6-11/h3-7,9-10,13H,8,16H2,1-2H3. The van der Waals surface area contributed by atoms with Crippen molar-refractivity contribution in [3.05, 3.63) is 42.6 Å². The van der Waals surface area contributed by atoms with Crippen LogP contribution in [0.3, 0.4) is 0 Å². The van der Waals surface area contributed by atoms with E-state index in [4.69, 9.17) is 5.73 Å². The van der Waals surface area contributed by atoms with Crippen LogP contribution in [0.4, 0.5) is 4.39 Å². The van der Waals surface area contributed by atoms with E-state index in [1.54, 1.807) is 18.6 Å². The fourth-order valence-corrected chi connectivity index (χ4v) is 1.79. The van der Waals surface area contributed by atoms with Gasteiger partial charge in [0, 0.05) is 18.2 Å². The average molecular weight is 247 g/mol. The first-order valence-corrected chi connectivity index (χ1v) is 6.09. The number of nitrogens with two attached hydrogens (primary N) is 1. The van der Waals surface area contributed by atoms with E-state index in [9.17, 15) is 4.39 Å². The van der Waals surface area contributed by atoms with Crippen molar-refractivity contribution in [3.8, 4) is 11.3 Å². The molecule has 0 saturated heterocycles. The van der Waals surface area contributed by atoms with Gasteiger partial charge in [0.15, 0.2) is 0 Å². The smallest absolute Gasteiger partial charge is 0.123 e. The van der Waals surface area contributed by atoms with Crippen molar-refractivity contribution < 1.29 is 4.39 Å². The highest BCUT2D eigenvalue weighted by atomic mass is 19.1. The van der Waals surface area contributed by atoms with E-state index in [0.29, 0.717) is 12.5 Å². The highest BCUT2D eigenvalue weighted by Crippen LogP contribution is 2.20. The van der Waals surface area contributed by atoms with E-state index in [1.165, 1.54) is 12.1 Å². The molecule has 0 bridgehead atoms. The van der Waals surface area contributed by atoms with Crippen LogP contribution in [0.25, 0.3) is 11.3 Å². The molecule has 0 radical (unpaired) electrons. The highest BCUT2D eigenvalue weighted by molar-refractivity contribution is 5.58. The van der Waals surface area contributed by atoms with E-state index >= 15 is 0 Å². The normalized spacial score (nSPS) is 12.9. The first kappa shape index (κ1) is 12.8. The van der Waals surface area contributed by atoms with Crippen LogP contribution in [0.1, 0.15) is 13.8 Å². The largest absolute Gasteiger partial charge is 0.329 e. The third-order valence-electron chi connectivity index (χ3n) is 3.10. The Kier molecular flexibility index (Phi) is 3.77. The summed E-state index contributed by atoms with van der Waals surface area (Å²) in [4.78, 5) is 4.13. The minimum atomic E-state index is -0.242. The number of nitrogens with zero attached hydrogens (tertiary/aromatic N) is 2. The van der Waals surface area contributed by atoms with Gasteiger partial charge in [0.05, 0.1) is 18.2 Å². The molecule has 18 heavy (non-hydrogen) atoms. The van der Waals surface area contributed by atoms with E-state index < -0.39 is 0 Å². The Morgan fingerprint density at radius 2 is 2.17 bits per heavy atom. The quantitative estimate of drug-likeness (QED) is 0.902.